The Morgan fingerprint density at radius 1 is 1.14 bits per heavy atom. The predicted octanol–water partition coefficient (Wildman–Crippen LogP) is 4.09. The van der Waals surface area contributed by atoms with Crippen LogP contribution in [0.2, 0.25) is 0 Å². The Hall–Kier alpha value is -1.95. The van der Waals surface area contributed by atoms with Gasteiger partial charge in [0.15, 0.2) is 11.6 Å². The maximum Gasteiger partial charge on any atom is 0.243 e. The van der Waals surface area contributed by atoms with E-state index in [1.807, 2.05) is 19.1 Å². The Morgan fingerprint density at radius 2 is 1.90 bits per heavy atom. The maximum absolute atomic E-state index is 13.0. The van der Waals surface area contributed by atoms with Crippen molar-refractivity contribution in [1.82, 2.24) is 0 Å². The highest BCUT2D eigenvalue weighted by Crippen LogP contribution is 2.20. The van der Waals surface area contributed by atoms with Gasteiger partial charge < -0.3 is 10.6 Å². The van der Waals surface area contributed by atoms with Crippen LogP contribution in [-0.4, -0.2) is 12.5 Å². The van der Waals surface area contributed by atoms with Gasteiger partial charge in [-0.3, -0.25) is 4.79 Å². The summed E-state index contributed by atoms with van der Waals surface area (Å²) >= 11 is 3.35. The van der Waals surface area contributed by atoms with E-state index in [1.54, 1.807) is 6.07 Å². The van der Waals surface area contributed by atoms with Crippen LogP contribution in [0.4, 0.5) is 20.2 Å². The van der Waals surface area contributed by atoms with Gasteiger partial charge in [-0.2, -0.15) is 0 Å². The highest BCUT2D eigenvalue weighted by Gasteiger charge is 2.06. The second kappa shape index (κ2) is 6.67. The summed E-state index contributed by atoms with van der Waals surface area (Å²) in [4.78, 5) is 11.8. The molecule has 0 atom stereocenters. The van der Waals surface area contributed by atoms with E-state index in [9.17, 15) is 13.6 Å². The van der Waals surface area contributed by atoms with E-state index in [1.165, 1.54) is 6.07 Å². The first-order chi connectivity index (χ1) is 9.95. The van der Waals surface area contributed by atoms with Crippen LogP contribution in [0.15, 0.2) is 40.9 Å². The van der Waals surface area contributed by atoms with Crippen molar-refractivity contribution in [2.75, 3.05) is 17.2 Å². The molecule has 0 aliphatic rings. The van der Waals surface area contributed by atoms with Crippen molar-refractivity contribution < 1.29 is 13.6 Å². The van der Waals surface area contributed by atoms with Crippen LogP contribution in [0.25, 0.3) is 0 Å². The maximum atomic E-state index is 13.0. The van der Waals surface area contributed by atoms with Gasteiger partial charge >= 0.3 is 0 Å². The third-order valence-corrected chi connectivity index (χ3v) is 3.33. The Kier molecular flexibility index (Phi) is 4.90. The van der Waals surface area contributed by atoms with Crippen molar-refractivity contribution in [2.24, 2.45) is 0 Å². The smallest absolute Gasteiger partial charge is 0.243 e. The molecule has 0 aliphatic heterocycles. The van der Waals surface area contributed by atoms with Crippen molar-refractivity contribution in [3.63, 3.8) is 0 Å². The largest absolute Gasteiger partial charge is 0.376 e. The lowest BCUT2D eigenvalue weighted by Gasteiger charge is -2.10. The third kappa shape index (κ3) is 4.26. The molecular formula is C15H13BrF2N2O. The Bertz CT molecular complexity index is 677. The molecule has 110 valence electrons. The fraction of sp³-hybridized carbons (Fsp3) is 0.133. The lowest BCUT2D eigenvalue weighted by atomic mass is 10.2. The Balaban J connectivity index is 1.94. The zero-order valence-electron chi connectivity index (χ0n) is 11.2. The lowest BCUT2D eigenvalue weighted by Crippen LogP contribution is -2.22. The number of halogens is 3. The molecule has 2 N–H and O–H groups in total. The second-order valence-electron chi connectivity index (χ2n) is 4.49. The summed E-state index contributed by atoms with van der Waals surface area (Å²) in [6, 6.07) is 8.89. The average molecular weight is 355 g/mol. The van der Waals surface area contributed by atoms with Gasteiger partial charge in [0, 0.05) is 21.9 Å². The number of amides is 1. The van der Waals surface area contributed by atoms with Crippen molar-refractivity contribution in [2.45, 2.75) is 6.92 Å². The van der Waals surface area contributed by atoms with Crippen molar-refractivity contribution in [1.29, 1.82) is 0 Å². The molecule has 0 saturated heterocycles. The van der Waals surface area contributed by atoms with Gasteiger partial charge in [-0.25, -0.2) is 8.78 Å². The van der Waals surface area contributed by atoms with E-state index < -0.39 is 11.6 Å². The van der Waals surface area contributed by atoms with Crippen LogP contribution in [0.1, 0.15) is 5.56 Å². The van der Waals surface area contributed by atoms with E-state index in [4.69, 9.17) is 0 Å². The first-order valence-electron chi connectivity index (χ1n) is 6.20. The van der Waals surface area contributed by atoms with Gasteiger partial charge in [0.1, 0.15) is 0 Å². The number of hydrogen-bond acceptors (Lipinski definition) is 2. The molecule has 0 aliphatic carbocycles. The average Bonchev–Trinajstić information content (AvgIpc) is 2.43. The molecule has 0 radical (unpaired) electrons. The molecule has 21 heavy (non-hydrogen) atoms. The van der Waals surface area contributed by atoms with Crippen molar-refractivity contribution in [3.8, 4) is 0 Å². The quantitative estimate of drug-likeness (QED) is 0.868. The number of nitrogens with one attached hydrogen (secondary N) is 2. The molecule has 6 heteroatoms. The van der Waals surface area contributed by atoms with Crippen LogP contribution < -0.4 is 10.6 Å². The topological polar surface area (TPSA) is 41.1 Å². The molecule has 0 spiro atoms. The number of aryl methyl sites for hydroxylation is 1. The summed E-state index contributed by atoms with van der Waals surface area (Å²) in [7, 11) is 0. The van der Waals surface area contributed by atoms with E-state index in [2.05, 4.69) is 26.6 Å². The predicted molar refractivity (Wildman–Crippen MR) is 82.4 cm³/mol. The van der Waals surface area contributed by atoms with E-state index in [0.717, 1.165) is 22.2 Å². The Labute approximate surface area is 129 Å². The molecule has 1 amide bonds. The van der Waals surface area contributed by atoms with Crippen LogP contribution >= 0.6 is 15.9 Å². The van der Waals surface area contributed by atoms with Gasteiger partial charge in [0.05, 0.1) is 6.54 Å². The molecule has 2 aromatic carbocycles. The molecule has 0 heterocycles. The van der Waals surface area contributed by atoms with E-state index in [-0.39, 0.29) is 12.5 Å². The minimum Gasteiger partial charge on any atom is -0.376 e. The molecule has 0 fully saturated rings. The van der Waals surface area contributed by atoms with Gasteiger partial charge in [0.2, 0.25) is 5.91 Å². The molecule has 0 aromatic heterocycles. The fourth-order valence-electron chi connectivity index (χ4n) is 1.75. The Morgan fingerprint density at radius 3 is 2.57 bits per heavy atom. The van der Waals surface area contributed by atoms with Crippen LogP contribution in [0.5, 0.6) is 0 Å². The molecular weight excluding hydrogens is 342 g/mol. The number of benzene rings is 2. The molecule has 0 saturated carbocycles. The second-order valence-corrected chi connectivity index (χ2v) is 5.41. The highest BCUT2D eigenvalue weighted by atomic mass is 79.9. The SMILES string of the molecule is Cc1cc(Br)ccc1NC(=O)CNc1ccc(F)c(F)c1. The zero-order valence-corrected chi connectivity index (χ0v) is 12.8. The third-order valence-electron chi connectivity index (χ3n) is 2.84. The molecule has 0 bridgehead atoms. The fourth-order valence-corrected chi connectivity index (χ4v) is 2.23. The number of rotatable bonds is 4. The zero-order chi connectivity index (χ0) is 15.4. The lowest BCUT2D eigenvalue weighted by molar-refractivity contribution is -0.114. The van der Waals surface area contributed by atoms with Gasteiger partial charge in [0.25, 0.3) is 0 Å². The standard InChI is InChI=1S/C15H13BrF2N2O/c1-9-6-10(16)2-5-14(9)20-15(21)8-19-11-3-4-12(17)13(18)7-11/h2-7,19H,8H2,1H3,(H,20,21). The van der Waals surface area contributed by atoms with Crippen molar-refractivity contribution >= 4 is 33.2 Å². The minimum atomic E-state index is -0.954. The van der Waals surface area contributed by atoms with E-state index in [0.29, 0.717) is 11.4 Å². The van der Waals surface area contributed by atoms with Crippen molar-refractivity contribution in [3.05, 3.63) is 58.1 Å². The van der Waals surface area contributed by atoms with Gasteiger partial charge in [-0.1, -0.05) is 15.9 Å². The first-order valence-corrected chi connectivity index (χ1v) is 7.00. The number of carbonyl (C=O) groups is 1. The summed E-state index contributed by atoms with van der Waals surface area (Å²) < 4.78 is 26.7. The number of carbonyl (C=O) groups excluding carboxylic acids is 1. The molecule has 3 nitrogen and oxygen atoms in total. The van der Waals surface area contributed by atoms with Gasteiger partial charge in [-0.05, 0) is 42.8 Å². The van der Waals surface area contributed by atoms with E-state index >= 15 is 0 Å². The van der Waals surface area contributed by atoms with Crippen LogP contribution in [0.3, 0.4) is 0 Å². The highest BCUT2D eigenvalue weighted by molar-refractivity contribution is 9.10. The molecule has 0 unspecified atom stereocenters. The monoisotopic (exact) mass is 354 g/mol. The molecule has 2 aromatic rings. The van der Waals surface area contributed by atoms with Gasteiger partial charge in [-0.15, -0.1) is 0 Å². The minimum absolute atomic E-state index is 0.0411. The summed E-state index contributed by atoms with van der Waals surface area (Å²) in [5.41, 5.74) is 1.97. The van der Waals surface area contributed by atoms with Crippen LogP contribution in [-0.2, 0) is 4.79 Å². The number of hydrogen-bond donors (Lipinski definition) is 2. The first kappa shape index (κ1) is 15.4. The molecule has 2 rings (SSSR count). The summed E-state index contributed by atoms with van der Waals surface area (Å²) in [5, 5.41) is 5.48. The van der Waals surface area contributed by atoms with Crippen LogP contribution in [0, 0.1) is 18.6 Å². The number of anilines is 2. The normalized spacial score (nSPS) is 10.3. The summed E-state index contributed by atoms with van der Waals surface area (Å²) in [6.45, 7) is 1.84. The summed E-state index contributed by atoms with van der Waals surface area (Å²) in [6.07, 6.45) is 0. The summed E-state index contributed by atoms with van der Waals surface area (Å²) in [5.74, 6) is -2.15.